The molecule has 6 nitrogen and oxygen atoms in total. The van der Waals surface area contributed by atoms with Gasteiger partial charge in [0.1, 0.15) is 0 Å². The molecule has 1 aromatic rings. The van der Waals surface area contributed by atoms with Crippen LogP contribution >= 0.6 is 0 Å². The molecular formula is C14H22N4O2. The van der Waals surface area contributed by atoms with Gasteiger partial charge in [0.2, 0.25) is 5.91 Å². The number of hydrogen-bond acceptors (Lipinski definition) is 3. The molecule has 0 heterocycles. The van der Waals surface area contributed by atoms with Gasteiger partial charge < -0.3 is 21.3 Å². The lowest BCUT2D eigenvalue weighted by molar-refractivity contribution is -0.115. The zero-order valence-corrected chi connectivity index (χ0v) is 12.3. The van der Waals surface area contributed by atoms with Gasteiger partial charge in [0.25, 0.3) is 0 Å². The lowest BCUT2D eigenvalue weighted by Gasteiger charge is -2.20. The van der Waals surface area contributed by atoms with E-state index < -0.39 is 0 Å². The van der Waals surface area contributed by atoms with Crippen LogP contribution in [0.1, 0.15) is 20.8 Å². The molecule has 20 heavy (non-hydrogen) atoms. The van der Waals surface area contributed by atoms with Crippen molar-refractivity contribution in [1.29, 1.82) is 0 Å². The maximum atomic E-state index is 11.7. The fourth-order valence-electron chi connectivity index (χ4n) is 1.38. The molecule has 0 unspecified atom stereocenters. The number of carbonyl (C=O) groups excluding carboxylic acids is 2. The molecule has 0 saturated heterocycles. The van der Waals surface area contributed by atoms with Crippen LogP contribution in [0, 0.1) is 0 Å². The van der Waals surface area contributed by atoms with Crippen molar-refractivity contribution in [3.63, 3.8) is 0 Å². The van der Waals surface area contributed by atoms with E-state index in [1.165, 1.54) is 0 Å². The molecular weight excluding hydrogens is 256 g/mol. The minimum Gasteiger partial charge on any atom is -0.341 e. The summed E-state index contributed by atoms with van der Waals surface area (Å²) in [5.74, 6) is -0.105. The Hall–Kier alpha value is -2.08. The van der Waals surface area contributed by atoms with Crippen molar-refractivity contribution in [3.8, 4) is 0 Å². The average Bonchev–Trinajstić information content (AvgIpc) is 2.38. The van der Waals surface area contributed by atoms with Crippen molar-refractivity contribution in [1.82, 2.24) is 10.6 Å². The van der Waals surface area contributed by atoms with Crippen LogP contribution in [0.5, 0.6) is 0 Å². The topological polar surface area (TPSA) is 82.3 Å². The Morgan fingerprint density at radius 3 is 1.95 bits per heavy atom. The largest absolute Gasteiger partial charge is 0.341 e. The third-order valence-electron chi connectivity index (χ3n) is 2.43. The van der Waals surface area contributed by atoms with Gasteiger partial charge in [-0.3, -0.25) is 4.79 Å². The van der Waals surface area contributed by atoms with E-state index in [1.54, 1.807) is 31.3 Å². The molecule has 110 valence electrons. The van der Waals surface area contributed by atoms with Gasteiger partial charge in [-0.25, -0.2) is 4.79 Å². The predicted molar refractivity (Wildman–Crippen MR) is 80.9 cm³/mol. The van der Waals surface area contributed by atoms with E-state index in [2.05, 4.69) is 21.3 Å². The zero-order valence-electron chi connectivity index (χ0n) is 12.3. The number of urea groups is 1. The SMILES string of the molecule is CNC(=O)Nc1ccc(NC(=O)CNC(C)(C)C)cc1. The molecule has 0 aromatic heterocycles. The third-order valence-corrected chi connectivity index (χ3v) is 2.43. The van der Waals surface area contributed by atoms with E-state index in [0.29, 0.717) is 11.4 Å². The van der Waals surface area contributed by atoms with E-state index in [4.69, 9.17) is 0 Å². The van der Waals surface area contributed by atoms with E-state index in [-0.39, 0.29) is 24.0 Å². The summed E-state index contributed by atoms with van der Waals surface area (Å²) in [6, 6.07) is 6.64. The lowest BCUT2D eigenvalue weighted by atomic mass is 10.1. The van der Waals surface area contributed by atoms with E-state index in [9.17, 15) is 9.59 Å². The first-order valence-corrected chi connectivity index (χ1v) is 6.44. The number of anilines is 2. The second-order valence-corrected chi connectivity index (χ2v) is 5.43. The number of hydrogen-bond donors (Lipinski definition) is 4. The monoisotopic (exact) mass is 278 g/mol. The van der Waals surface area contributed by atoms with Gasteiger partial charge in [-0.2, -0.15) is 0 Å². The van der Waals surface area contributed by atoms with Crippen molar-refractivity contribution in [2.75, 3.05) is 24.2 Å². The smallest absolute Gasteiger partial charge is 0.318 e. The molecule has 0 radical (unpaired) electrons. The highest BCUT2D eigenvalue weighted by Gasteiger charge is 2.11. The quantitative estimate of drug-likeness (QED) is 0.677. The Kier molecular flexibility index (Phi) is 5.52. The van der Waals surface area contributed by atoms with E-state index in [1.807, 2.05) is 20.8 Å². The standard InChI is InChI=1S/C14H22N4O2/c1-14(2,3)16-9-12(19)17-10-5-7-11(8-6-10)18-13(20)15-4/h5-8,16H,9H2,1-4H3,(H,17,19)(H2,15,18,20). The molecule has 0 aliphatic carbocycles. The molecule has 0 aliphatic rings. The van der Waals surface area contributed by atoms with Crippen LogP contribution in [0.3, 0.4) is 0 Å². The van der Waals surface area contributed by atoms with Crippen molar-refractivity contribution < 1.29 is 9.59 Å². The van der Waals surface area contributed by atoms with Crippen LogP contribution in [-0.2, 0) is 4.79 Å². The Morgan fingerprint density at radius 2 is 1.50 bits per heavy atom. The minimum absolute atomic E-state index is 0.0986. The summed E-state index contributed by atoms with van der Waals surface area (Å²) in [5.41, 5.74) is 1.25. The highest BCUT2D eigenvalue weighted by Crippen LogP contribution is 2.13. The van der Waals surface area contributed by atoms with Gasteiger partial charge in [-0.15, -0.1) is 0 Å². The first-order chi connectivity index (χ1) is 9.30. The molecule has 0 bridgehead atoms. The molecule has 0 spiro atoms. The molecule has 3 amide bonds. The Balaban J connectivity index is 2.49. The second-order valence-electron chi connectivity index (χ2n) is 5.43. The maximum Gasteiger partial charge on any atom is 0.318 e. The maximum absolute atomic E-state index is 11.7. The van der Waals surface area contributed by atoms with E-state index >= 15 is 0 Å². The summed E-state index contributed by atoms with van der Waals surface area (Å²) in [4.78, 5) is 22.8. The molecule has 0 fully saturated rings. The van der Waals surface area contributed by atoms with Crippen LogP contribution in [0.4, 0.5) is 16.2 Å². The summed E-state index contributed by atoms with van der Waals surface area (Å²) < 4.78 is 0. The summed E-state index contributed by atoms with van der Waals surface area (Å²) in [7, 11) is 1.55. The number of rotatable bonds is 4. The first kappa shape index (κ1) is 16.0. The van der Waals surface area contributed by atoms with Crippen LogP contribution < -0.4 is 21.3 Å². The van der Waals surface area contributed by atoms with Crippen molar-refractivity contribution in [2.45, 2.75) is 26.3 Å². The molecule has 6 heteroatoms. The van der Waals surface area contributed by atoms with Gasteiger partial charge in [-0.05, 0) is 45.0 Å². The van der Waals surface area contributed by atoms with Crippen LogP contribution in [0.15, 0.2) is 24.3 Å². The van der Waals surface area contributed by atoms with Gasteiger partial charge in [-0.1, -0.05) is 0 Å². The van der Waals surface area contributed by atoms with Gasteiger partial charge >= 0.3 is 6.03 Å². The third kappa shape index (κ3) is 6.19. The van der Waals surface area contributed by atoms with Crippen LogP contribution in [0.25, 0.3) is 0 Å². The molecule has 4 N–H and O–H groups in total. The minimum atomic E-state index is -0.281. The molecule has 1 aromatic carbocycles. The highest BCUT2D eigenvalue weighted by molar-refractivity contribution is 5.93. The first-order valence-electron chi connectivity index (χ1n) is 6.44. The summed E-state index contributed by atoms with van der Waals surface area (Å²) in [6.45, 7) is 6.25. The highest BCUT2D eigenvalue weighted by atomic mass is 16.2. The lowest BCUT2D eigenvalue weighted by Crippen LogP contribution is -2.41. The Morgan fingerprint density at radius 1 is 1.00 bits per heavy atom. The second kappa shape index (κ2) is 6.91. The van der Waals surface area contributed by atoms with Gasteiger partial charge in [0, 0.05) is 24.0 Å². The zero-order chi connectivity index (χ0) is 15.2. The molecule has 0 atom stereocenters. The normalized spacial score (nSPS) is 10.8. The molecule has 1 rings (SSSR count). The summed E-state index contributed by atoms with van der Waals surface area (Å²) >= 11 is 0. The van der Waals surface area contributed by atoms with Crippen molar-refractivity contribution in [3.05, 3.63) is 24.3 Å². The van der Waals surface area contributed by atoms with Crippen molar-refractivity contribution in [2.24, 2.45) is 0 Å². The van der Waals surface area contributed by atoms with Crippen LogP contribution in [-0.4, -0.2) is 31.1 Å². The number of amides is 3. The fraction of sp³-hybridized carbons (Fsp3) is 0.429. The fourth-order valence-corrected chi connectivity index (χ4v) is 1.38. The molecule has 0 saturated carbocycles. The summed E-state index contributed by atoms with van der Waals surface area (Å²) in [6.07, 6.45) is 0. The predicted octanol–water partition coefficient (Wildman–Crippen LogP) is 1.76. The average molecular weight is 278 g/mol. The number of carbonyl (C=O) groups is 2. The summed E-state index contributed by atoms with van der Waals surface area (Å²) in [5, 5.41) is 11.0. The van der Waals surface area contributed by atoms with Gasteiger partial charge in [0.15, 0.2) is 0 Å². The Labute approximate surface area is 119 Å². The number of benzene rings is 1. The number of nitrogens with one attached hydrogen (secondary N) is 4. The Bertz CT molecular complexity index is 463. The molecule has 0 aliphatic heterocycles. The van der Waals surface area contributed by atoms with Gasteiger partial charge in [0.05, 0.1) is 6.54 Å². The van der Waals surface area contributed by atoms with E-state index in [0.717, 1.165) is 0 Å². The van der Waals surface area contributed by atoms with Crippen molar-refractivity contribution >= 4 is 23.3 Å². The van der Waals surface area contributed by atoms with Crippen LogP contribution in [0.2, 0.25) is 0 Å².